The molecule has 0 aromatic heterocycles. The van der Waals surface area contributed by atoms with E-state index in [1.54, 1.807) is 0 Å². The molecule has 0 spiro atoms. The highest BCUT2D eigenvalue weighted by Gasteiger charge is 1.90. The van der Waals surface area contributed by atoms with Crippen LogP contribution in [0, 0.1) is 0 Å². The summed E-state index contributed by atoms with van der Waals surface area (Å²) in [5.74, 6) is 0. The lowest BCUT2D eigenvalue weighted by Crippen LogP contribution is -1.83. The quantitative estimate of drug-likeness (QED) is 0.725. The van der Waals surface area contributed by atoms with Gasteiger partial charge in [-0.1, -0.05) is 48.3 Å². The summed E-state index contributed by atoms with van der Waals surface area (Å²) < 4.78 is 1.02. The van der Waals surface area contributed by atoms with E-state index in [4.69, 9.17) is 0 Å². The normalized spacial score (nSPS) is 8.54. The van der Waals surface area contributed by atoms with Gasteiger partial charge in [-0.05, 0) is 17.7 Å². The molecule has 1 aromatic rings. The van der Waals surface area contributed by atoms with Crippen LogP contribution < -0.4 is 0 Å². The van der Waals surface area contributed by atoms with Crippen molar-refractivity contribution >= 4 is 22.2 Å². The van der Waals surface area contributed by atoms with Gasteiger partial charge in [-0.2, -0.15) is 0 Å². The minimum Gasteiger partial charge on any atom is -0.303 e. The molecule has 0 bridgehead atoms. The lowest BCUT2D eigenvalue weighted by Gasteiger charge is -1.93. The SMILES string of the molecule is CCC.O=CCc1cccc(Br)c1. The Kier molecular flexibility index (Phi) is 7.60. The molecule has 1 aromatic carbocycles. The van der Waals surface area contributed by atoms with E-state index in [0.29, 0.717) is 6.42 Å². The third-order valence-corrected chi connectivity index (χ3v) is 1.70. The molecule has 0 heterocycles. The second-order valence-electron chi connectivity index (χ2n) is 2.71. The zero-order valence-corrected chi connectivity index (χ0v) is 9.67. The van der Waals surface area contributed by atoms with Crippen LogP contribution in [0.25, 0.3) is 0 Å². The number of halogens is 1. The summed E-state index contributed by atoms with van der Waals surface area (Å²) in [5, 5.41) is 0. The third-order valence-electron chi connectivity index (χ3n) is 1.21. The summed E-state index contributed by atoms with van der Waals surface area (Å²) in [5.41, 5.74) is 1.05. The van der Waals surface area contributed by atoms with Crippen molar-refractivity contribution in [2.24, 2.45) is 0 Å². The van der Waals surface area contributed by atoms with Gasteiger partial charge in [0.05, 0.1) is 0 Å². The van der Waals surface area contributed by atoms with Gasteiger partial charge in [-0.15, -0.1) is 0 Å². The molecule has 0 aliphatic heterocycles. The molecule has 72 valence electrons. The first kappa shape index (κ1) is 12.4. The van der Waals surface area contributed by atoms with E-state index in [-0.39, 0.29) is 0 Å². The van der Waals surface area contributed by atoms with E-state index in [1.165, 1.54) is 6.42 Å². The van der Waals surface area contributed by atoms with Crippen LogP contribution in [0.3, 0.4) is 0 Å². The van der Waals surface area contributed by atoms with Gasteiger partial charge in [0.1, 0.15) is 6.29 Å². The van der Waals surface area contributed by atoms with Crippen molar-refractivity contribution in [3.63, 3.8) is 0 Å². The fourth-order valence-electron chi connectivity index (χ4n) is 0.760. The number of benzene rings is 1. The molecular formula is C11H15BrO. The summed E-state index contributed by atoms with van der Waals surface area (Å²) >= 11 is 3.32. The van der Waals surface area contributed by atoms with Gasteiger partial charge in [0, 0.05) is 10.9 Å². The molecular weight excluding hydrogens is 228 g/mol. The molecule has 1 nitrogen and oxygen atoms in total. The van der Waals surface area contributed by atoms with Crippen LogP contribution in [-0.4, -0.2) is 6.29 Å². The number of carbonyl (C=O) groups excluding carboxylic acids is 1. The van der Waals surface area contributed by atoms with Gasteiger partial charge < -0.3 is 4.79 Å². The first-order valence-electron chi connectivity index (χ1n) is 4.42. The van der Waals surface area contributed by atoms with Crippen molar-refractivity contribution in [1.82, 2.24) is 0 Å². The molecule has 1 rings (SSSR count). The molecule has 0 fully saturated rings. The van der Waals surface area contributed by atoms with Gasteiger partial charge in [0.2, 0.25) is 0 Å². The highest BCUT2D eigenvalue weighted by molar-refractivity contribution is 9.10. The number of hydrogen-bond acceptors (Lipinski definition) is 1. The molecule has 0 aliphatic carbocycles. The van der Waals surface area contributed by atoms with Crippen LogP contribution in [0.2, 0.25) is 0 Å². The van der Waals surface area contributed by atoms with E-state index in [2.05, 4.69) is 29.8 Å². The Balaban J connectivity index is 0.000000424. The standard InChI is InChI=1S/C8H7BrO.C3H8/c9-8-3-1-2-7(6-8)4-5-10;1-3-2/h1-3,5-6H,4H2;3H2,1-2H3. The van der Waals surface area contributed by atoms with Gasteiger partial charge in [0.25, 0.3) is 0 Å². The zero-order chi connectivity index (χ0) is 10.1. The Bertz CT molecular complexity index is 246. The number of carbonyl (C=O) groups is 1. The lowest BCUT2D eigenvalue weighted by atomic mass is 10.2. The Hall–Kier alpha value is -0.630. The van der Waals surface area contributed by atoms with Crippen LogP contribution in [-0.2, 0) is 11.2 Å². The number of aldehydes is 1. The first-order valence-corrected chi connectivity index (χ1v) is 5.22. The summed E-state index contributed by atoms with van der Waals surface area (Å²) in [6.45, 7) is 4.25. The maximum absolute atomic E-state index is 10.1. The average molecular weight is 243 g/mol. The maximum atomic E-state index is 10.1. The highest BCUT2D eigenvalue weighted by Crippen LogP contribution is 2.10. The van der Waals surface area contributed by atoms with Crippen molar-refractivity contribution in [1.29, 1.82) is 0 Å². The monoisotopic (exact) mass is 242 g/mol. The molecule has 0 aliphatic rings. The molecule has 0 saturated heterocycles. The molecule has 0 amide bonds. The minimum atomic E-state index is 0.499. The van der Waals surface area contributed by atoms with Crippen molar-refractivity contribution in [3.8, 4) is 0 Å². The minimum absolute atomic E-state index is 0.499. The maximum Gasteiger partial charge on any atom is 0.124 e. The summed E-state index contributed by atoms with van der Waals surface area (Å²) in [6, 6.07) is 7.73. The fraction of sp³-hybridized carbons (Fsp3) is 0.364. The third kappa shape index (κ3) is 6.52. The van der Waals surface area contributed by atoms with E-state index in [1.807, 2.05) is 24.3 Å². The summed E-state index contributed by atoms with van der Waals surface area (Å²) in [7, 11) is 0. The molecule has 0 N–H and O–H groups in total. The molecule has 0 unspecified atom stereocenters. The predicted octanol–water partition coefficient (Wildman–Crippen LogP) is 3.61. The van der Waals surface area contributed by atoms with E-state index < -0.39 is 0 Å². The first-order chi connectivity index (χ1) is 6.24. The van der Waals surface area contributed by atoms with Crippen molar-refractivity contribution in [2.45, 2.75) is 26.7 Å². The molecule has 13 heavy (non-hydrogen) atoms. The van der Waals surface area contributed by atoms with E-state index >= 15 is 0 Å². The van der Waals surface area contributed by atoms with Gasteiger partial charge >= 0.3 is 0 Å². The predicted molar refractivity (Wildman–Crippen MR) is 59.9 cm³/mol. The van der Waals surface area contributed by atoms with Crippen molar-refractivity contribution < 1.29 is 4.79 Å². The Morgan fingerprint density at radius 3 is 2.46 bits per heavy atom. The molecule has 0 atom stereocenters. The average Bonchev–Trinajstić information content (AvgIpc) is 2.06. The van der Waals surface area contributed by atoms with Crippen molar-refractivity contribution in [3.05, 3.63) is 34.3 Å². The summed E-state index contributed by atoms with van der Waals surface area (Å²) in [6.07, 6.45) is 2.65. The van der Waals surface area contributed by atoms with Gasteiger partial charge in [-0.3, -0.25) is 0 Å². The second-order valence-corrected chi connectivity index (χ2v) is 3.62. The van der Waals surface area contributed by atoms with E-state index in [9.17, 15) is 4.79 Å². The second kappa shape index (κ2) is 7.99. The fourth-order valence-corrected chi connectivity index (χ4v) is 1.21. The van der Waals surface area contributed by atoms with Crippen LogP contribution in [0.5, 0.6) is 0 Å². The van der Waals surface area contributed by atoms with Crippen LogP contribution in [0.4, 0.5) is 0 Å². The van der Waals surface area contributed by atoms with Gasteiger partial charge in [0.15, 0.2) is 0 Å². The highest BCUT2D eigenvalue weighted by atomic mass is 79.9. The number of rotatable bonds is 2. The van der Waals surface area contributed by atoms with E-state index in [0.717, 1.165) is 16.3 Å². The Morgan fingerprint density at radius 2 is 2.00 bits per heavy atom. The molecule has 2 heteroatoms. The molecule has 0 saturated carbocycles. The lowest BCUT2D eigenvalue weighted by molar-refractivity contribution is -0.107. The smallest absolute Gasteiger partial charge is 0.124 e. The molecule has 0 radical (unpaired) electrons. The van der Waals surface area contributed by atoms with Crippen molar-refractivity contribution in [2.75, 3.05) is 0 Å². The largest absolute Gasteiger partial charge is 0.303 e. The topological polar surface area (TPSA) is 17.1 Å². The summed E-state index contributed by atoms with van der Waals surface area (Å²) in [4.78, 5) is 10.1. The van der Waals surface area contributed by atoms with Crippen LogP contribution in [0.15, 0.2) is 28.7 Å². The van der Waals surface area contributed by atoms with Gasteiger partial charge in [-0.25, -0.2) is 0 Å². The zero-order valence-electron chi connectivity index (χ0n) is 8.09. The van der Waals surface area contributed by atoms with Crippen LogP contribution in [0.1, 0.15) is 25.8 Å². The van der Waals surface area contributed by atoms with Crippen LogP contribution >= 0.6 is 15.9 Å². The number of hydrogen-bond donors (Lipinski definition) is 0. The Labute approximate surface area is 88.3 Å². The Morgan fingerprint density at radius 1 is 1.38 bits per heavy atom.